The number of para-hydroxylation sites is 2. The second-order valence-corrected chi connectivity index (χ2v) is 6.52. The van der Waals surface area contributed by atoms with Gasteiger partial charge in [0.1, 0.15) is 16.8 Å². The first-order valence-corrected chi connectivity index (χ1v) is 9.04. The van der Waals surface area contributed by atoms with Gasteiger partial charge in [0, 0.05) is 22.0 Å². The van der Waals surface area contributed by atoms with Gasteiger partial charge < -0.3 is 9.73 Å². The van der Waals surface area contributed by atoms with Crippen molar-refractivity contribution in [3.8, 4) is 11.3 Å². The van der Waals surface area contributed by atoms with Gasteiger partial charge in [0.2, 0.25) is 0 Å². The lowest BCUT2D eigenvalue weighted by Gasteiger charge is -2.12. The molecule has 0 aliphatic heterocycles. The Bertz CT molecular complexity index is 1340. The van der Waals surface area contributed by atoms with Crippen LogP contribution >= 0.6 is 0 Å². The summed E-state index contributed by atoms with van der Waals surface area (Å²) in [7, 11) is 0. The molecule has 3 aromatic carbocycles. The fourth-order valence-corrected chi connectivity index (χ4v) is 3.40. The Hall–Kier alpha value is -3.92. The van der Waals surface area contributed by atoms with Crippen molar-refractivity contribution in [2.75, 3.05) is 5.32 Å². The summed E-state index contributed by atoms with van der Waals surface area (Å²) < 4.78 is 5.56. The average Bonchev–Trinajstić information content (AvgIpc) is 2.75. The molecule has 4 heteroatoms. The molecular weight excluding hydrogens is 348 g/mol. The first kappa shape index (κ1) is 16.3. The molecular formula is C24H16N2O2. The lowest BCUT2D eigenvalue weighted by atomic mass is 10.0. The minimum absolute atomic E-state index is 0.403. The van der Waals surface area contributed by atoms with E-state index in [9.17, 15) is 4.79 Å². The lowest BCUT2D eigenvalue weighted by Crippen LogP contribution is -2.06. The summed E-state index contributed by atoms with van der Waals surface area (Å²) in [5.41, 5.74) is 2.80. The van der Waals surface area contributed by atoms with E-state index in [0.717, 1.165) is 27.7 Å². The fraction of sp³-hybridized carbons (Fsp3) is 0. The van der Waals surface area contributed by atoms with Crippen molar-refractivity contribution in [2.24, 2.45) is 0 Å². The molecule has 2 heterocycles. The highest BCUT2D eigenvalue weighted by molar-refractivity contribution is 6.09. The van der Waals surface area contributed by atoms with Crippen LogP contribution in [-0.2, 0) is 0 Å². The first-order chi connectivity index (χ1) is 13.8. The predicted octanol–water partition coefficient (Wildman–Crippen LogP) is 5.75. The number of hydrogen-bond acceptors (Lipinski definition) is 4. The highest BCUT2D eigenvalue weighted by atomic mass is 16.4. The summed E-state index contributed by atoms with van der Waals surface area (Å²) in [6, 6.07) is 29.1. The Morgan fingerprint density at radius 3 is 2.21 bits per heavy atom. The van der Waals surface area contributed by atoms with Crippen molar-refractivity contribution in [3.05, 3.63) is 101 Å². The zero-order valence-electron chi connectivity index (χ0n) is 14.9. The molecule has 0 radical (unpaired) electrons. The lowest BCUT2D eigenvalue weighted by molar-refractivity contribution is 0.569. The molecule has 134 valence electrons. The largest absolute Gasteiger partial charge is 0.422 e. The minimum atomic E-state index is -0.403. The van der Waals surface area contributed by atoms with Gasteiger partial charge in [0.15, 0.2) is 0 Å². The van der Waals surface area contributed by atoms with E-state index in [0.29, 0.717) is 16.8 Å². The molecule has 4 nitrogen and oxygen atoms in total. The van der Waals surface area contributed by atoms with Crippen LogP contribution in [0.3, 0.4) is 0 Å². The molecule has 0 aliphatic carbocycles. The molecule has 0 fully saturated rings. The number of pyridine rings is 1. The number of hydrogen-bond donors (Lipinski definition) is 1. The van der Waals surface area contributed by atoms with Crippen molar-refractivity contribution >= 4 is 33.2 Å². The van der Waals surface area contributed by atoms with Crippen molar-refractivity contribution in [2.45, 2.75) is 0 Å². The molecule has 5 rings (SSSR count). The van der Waals surface area contributed by atoms with Crippen LogP contribution in [0.5, 0.6) is 0 Å². The van der Waals surface area contributed by atoms with Gasteiger partial charge in [-0.15, -0.1) is 0 Å². The highest BCUT2D eigenvalue weighted by Gasteiger charge is 2.15. The Labute approximate surface area is 161 Å². The van der Waals surface area contributed by atoms with Gasteiger partial charge in [0.25, 0.3) is 0 Å². The number of nitrogens with zero attached hydrogens (tertiary/aromatic N) is 1. The van der Waals surface area contributed by atoms with Crippen molar-refractivity contribution in [1.82, 2.24) is 4.98 Å². The summed E-state index contributed by atoms with van der Waals surface area (Å²) in [5, 5.41) is 5.44. The van der Waals surface area contributed by atoms with E-state index in [2.05, 4.69) is 5.32 Å². The van der Waals surface area contributed by atoms with Crippen LogP contribution in [0, 0.1) is 0 Å². The maximum absolute atomic E-state index is 12.8. The molecule has 2 aromatic heterocycles. The number of benzene rings is 3. The maximum Gasteiger partial charge on any atom is 0.347 e. The number of nitrogens with one attached hydrogen (secondary N) is 1. The Morgan fingerprint density at radius 2 is 1.43 bits per heavy atom. The number of anilines is 2. The van der Waals surface area contributed by atoms with Crippen LogP contribution in [0.25, 0.3) is 33.0 Å². The topological polar surface area (TPSA) is 55.1 Å². The molecule has 0 spiro atoms. The van der Waals surface area contributed by atoms with E-state index in [1.165, 1.54) is 0 Å². The Balaban J connectivity index is 1.85. The molecule has 0 bridgehead atoms. The van der Waals surface area contributed by atoms with Gasteiger partial charge >= 0.3 is 5.63 Å². The zero-order chi connectivity index (χ0) is 18.9. The zero-order valence-corrected chi connectivity index (χ0v) is 14.9. The van der Waals surface area contributed by atoms with Gasteiger partial charge in [-0.1, -0.05) is 66.7 Å². The van der Waals surface area contributed by atoms with Crippen LogP contribution < -0.4 is 10.9 Å². The van der Waals surface area contributed by atoms with E-state index >= 15 is 0 Å². The fourth-order valence-electron chi connectivity index (χ4n) is 3.40. The minimum Gasteiger partial charge on any atom is -0.422 e. The van der Waals surface area contributed by atoms with Crippen molar-refractivity contribution in [3.63, 3.8) is 0 Å². The van der Waals surface area contributed by atoms with Gasteiger partial charge in [-0.05, 0) is 24.3 Å². The van der Waals surface area contributed by atoms with E-state index < -0.39 is 5.63 Å². The van der Waals surface area contributed by atoms with Gasteiger partial charge in [0.05, 0.1) is 5.69 Å². The van der Waals surface area contributed by atoms with Crippen molar-refractivity contribution in [1.29, 1.82) is 0 Å². The normalized spacial score (nSPS) is 11.0. The third-order valence-electron chi connectivity index (χ3n) is 4.71. The maximum atomic E-state index is 12.8. The first-order valence-electron chi connectivity index (χ1n) is 9.04. The molecule has 1 N–H and O–H groups in total. The standard InChI is InChI=1S/C24H16N2O2/c27-24-22-19(18-13-7-8-14-21(18)28-24)15-20(16-9-3-1-4-10-16)26-23(22)25-17-11-5-2-6-12-17/h1-15H,(H,25,26). The van der Waals surface area contributed by atoms with Crippen LogP contribution in [0.1, 0.15) is 0 Å². The summed E-state index contributed by atoms with van der Waals surface area (Å²) in [6.45, 7) is 0. The number of aromatic nitrogens is 1. The summed E-state index contributed by atoms with van der Waals surface area (Å²) >= 11 is 0. The average molecular weight is 364 g/mol. The molecule has 0 amide bonds. The Kier molecular flexibility index (Phi) is 3.87. The third-order valence-corrected chi connectivity index (χ3v) is 4.71. The second kappa shape index (κ2) is 6.67. The Morgan fingerprint density at radius 1 is 0.750 bits per heavy atom. The smallest absolute Gasteiger partial charge is 0.347 e. The summed E-state index contributed by atoms with van der Waals surface area (Å²) in [5.74, 6) is 0.488. The van der Waals surface area contributed by atoms with Crippen LogP contribution in [0.2, 0.25) is 0 Å². The van der Waals surface area contributed by atoms with E-state index in [1.807, 2.05) is 91.0 Å². The number of rotatable bonds is 3. The molecule has 0 unspecified atom stereocenters. The molecule has 0 aliphatic rings. The quantitative estimate of drug-likeness (QED) is 0.327. The van der Waals surface area contributed by atoms with E-state index in [4.69, 9.17) is 9.40 Å². The number of fused-ring (bicyclic) bond motifs is 3. The van der Waals surface area contributed by atoms with Gasteiger partial charge in [-0.25, -0.2) is 9.78 Å². The van der Waals surface area contributed by atoms with Crippen LogP contribution in [0.4, 0.5) is 11.5 Å². The SMILES string of the molecule is O=c1oc2ccccc2c2cc(-c3ccccc3)nc(Nc3ccccc3)c12. The van der Waals surface area contributed by atoms with Crippen LogP contribution in [-0.4, -0.2) is 4.98 Å². The molecule has 0 saturated heterocycles. The predicted molar refractivity (Wildman–Crippen MR) is 113 cm³/mol. The molecule has 5 aromatic rings. The summed E-state index contributed by atoms with van der Waals surface area (Å²) in [6.07, 6.45) is 0. The van der Waals surface area contributed by atoms with E-state index in [-0.39, 0.29) is 0 Å². The molecule has 28 heavy (non-hydrogen) atoms. The summed E-state index contributed by atoms with van der Waals surface area (Å²) in [4.78, 5) is 17.6. The second-order valence-electron chi connectivity index (χ2n) is 6.52. The monoisotopic (exact) mass is 364 g/mol. The molecule has 0 atom stereocenters. The molecule has 0 saturated carbocycles. The van der Waals surface area contributed by atoms with Gasteiger partial charge in [-0.3, -0.25) is 0 Å². The van der Waals surface area contributed by atoms with Crippen molar-refractivity contribution < 1.29 is 4.42 Å². The van der Waals surface area contributed by atoms with Crippen LogP contribution in [0.15, 0.2) is 100 Å². The third kappa shape index (κ3) is 2.81. The van der Waals surface area contributed by atoms with Gasteiger partial charge in [-0.2, -0.15) is 0 Å². The highest BCUT2D eigenvalue weighted by Crippen LogP contribution is 2.32. The van der Waals surface area contributed by atoms with E-state index in [1.54, 1.807) is 0 Å².